The van der Waals surface area contributed by atoms with Gasteiger partial charge < -0.3 is 10.4 Å². The predicted molar refractivity (Wildman–Crippen MR) is 57.5 cm³/mol. The highest BCUT2D eigenvalue weighted by molar-refractivity contribution is 9.10. The first-order valence-electron chi connectivity index (χ1n) is 4.25. The standard InChI is InChI=1S/C10H14BrNO/c1-7(12-2)10-4-3-9(11)5-8(10)6-13/h3-5,7,12-13H,6H2,1-2H3. The molecule has 0 amide bonds. The zero-order valence-corrected chi connectivity index (χ0v) is 9.43. The summed E-state index contributed by atoms with van der Waals surface area (Å²) in [5.41, 5.74) is 2.12. The Bertz CT molecular complexity index is 288. The maximum Gasteiger partial charge on any atom is 0.0685 e. The van der Waals surface area contributed by atoms with Crippen molar-refractivity contribution in [2.24, 2.45) is 0 Å². The molecule has 0 bridgehead atoms. The molecule has 0 heterocycles. The molecule has 2 N–H and O–H groups in total. The summed E-state index contributed by atoms with van der Waals surface area (Å²) in [5.74, 6) is 0. The fraction of sp³-hybridized carbons (Fsp3) is 0.400. The Morgan fingerprint density at radius 1 is 1.54 bits per heavy atom. The van der Waals surface area contributed by atoms with Gasteiger partial charge in [-0.25, -0.2) is 0 Å². The molecule has 1 aromatic carbocycles. The molecule has 0 aliphatic rings. The Labute approximate surface area is 87.1 Å². The molecular formula is C10H14BrNO. The molecule has 13 heavy (non-hydrogen) atoms. The van der Waals surface area contributed by atoms with E-state index in [2.05, 4.69) is 28.2 Å². The van der Waals surface area contributed by atoms with Crippen LogP contribution >= 0.6 is 15.9 Å². The SMILES string of the molecule is CNC(C)c1ccc(Br)cc1CO. The molecule has 0 aromatic heterocycles. The fourth-order valence-corrected chi connectivity index (χ4v) is 1.70. The average Bonchev–Trinajstić information content (AvgIpc) is 2.16. The quantitative estimate of drug-likeness (QED) is 0.854. The van der Waals surface area contributed by atoms with Crippen LogP contribution in [0.15, 0.2) is 22.7 Å². The van der Waals surface area contributed by atoms with Crippen molar-refractivity contribution in [3.63, 3.8) is 0 Å². The lowest BCUT2D eigenvalue weighted by Gasteiger charge is -2.14. The summed E-state index contributed by atoms with van der Waals surface area (Å²) in [6.45, 7) is 2.16. The van der Waals surface area contributed by atoms with Crippen LogP contribution in [0.2, 0.25) is 0 Å². The van der Waals surface area contributed by atoms with Crippen LogP contribution in [0.1, 0.15) is 24.1 Å². The van der Waals surface area contributed by atoms with E-state index in [1.807, 2.05) is 25.2 Å². The van der Waals surface area contributed by atoms with Gasteiger partial charge in [-0.1, -0.05) is 22.0 Å². The van der Waals surface area contributed by atoms with Crippen molar-refractivity contribution in [3.8, 4) is 0 Å². The Morgan fingerprint density at radius 3 is 2.77 bits per heavy atom. The predicted octanol–water partition coefficient (Wildman–Crippen LogP) is 2.22. The summed E-state index contributed by atoms with van der Waals surface area (Å²) in [6.07, 6.45) is 0. The fourth-order valence-electron chi connectivity index (χ4n) is 1.29. The van der Waals surface area contributed by atoms with E-state index in [0.717, 1.165) is 15.6 Å². The first-order chi connectivity index (χ1) is 6.19. The normalized spacial score (nSPS) is 12.9. The molecule has 0 saturated carbocycles. The van der Waals surface area contributed by atoms with Gasteiger partial charge in [0, 0.05) is 10.5 Å². The molecule has 0 saturated heterocycles. The van der Waals surface area contributed by atoms with Crippen molar-refractivity contribution in [1.82, 2.24) is 5.32 Å². The summed E-state index contributed by atoms with van der Waals surface area (Å²) in [5, 5.41) is 12.3. The highest BCUT2D eigenvalue weighted by Gasteiger charge is 2.07. The van der Waals surface area contributed by atoms with Crippen LogP contribution in [0.5, 0.6) is 0 Å². The Kier molecular flexibility index (Phi) is 3.90. The molecule has 1 atom stereocenters. The van der Waals surface area contributed by atoms with Gasteiger partial charge in [0.2, 0.25) is 0 Å². The molecule has 1 aromatic rings. The van der Waals surface area contributed by atoms with Crippen molar-refractivity contribution in [2.45, 2.75) is 19.6 Å². The number of aliphatic hydroxyl groups excluding tert-OH is 1. The minimum absolute atomic E-state index is 0.0841. The smallest absolute Gasteiger partial charge is 0.0685 e. The lowest BCUT2D eigenvalue weighted by molar-refractivity contribution is 0.279. The van der Waals surface area contributed by atoms with Gasteiger partial charge in [-0.05, 0) is 37.2 Å². The number of benzene rings is 1. The van der Waals surface area contributed by atoms with E-state index < -0.39 is 0 Å². The molecule has 72 valence electrons. The summed E-state index contributed by atoms with van der Waals surface area (Å²) >= 11 is 3.38. The number of rotatable bonds is 3. The van der Waals surface area contributed by atoms with Crippen LogP contribution < -0.4 is 5.32 Å². The number of halogens is 1. The molecule has 2 nitrogen and oxygen atoms in total. The summed E-state index contributed by atoms with van der Waals surface area (Å²) in [4.78, 5) is 0. The number of nitrogens with one attached hydrogen (secondary N) is 1. The Hall–Kier alpha value is -0.380. The van der Waals surface area contributed by atoms with Gasteiger partial charge in [-0.3, -0.25) is 0 Å². The Morgan fingerprint density at radius 2 is 2.23 bits per heavy atom. The van der Waals surface area contributed by atoms with Crippen LogP contribution in [0.3, 0.4) is 0 Å². The minimum Gasteiger partial charge on any atom is -0.392 e. The van der Waals surface area contributed by atoms with E-state index >= 15 is 0 Å². The van der Waals surface area contributed by atoms with E-state index in [4.69, 9.17) is 5.11 Å². The van der Waals surface area contributed by atoms with Crippen molar-refractivity contribution in [1.29, 1.82) is 0 Å². The highest BCUT2D eigenvalue weighted by Crippen LogP contribution is 2.21. The van der Waals surface area contributed by atoms with Gasteiger partial charge >= 0.3 is 0 Å². The molecule has 3 heteroatoms. The molecule has 1 unspecified atom stereocenters. The minimum atomic E-state index is 0.0841. The van der Waals surface area contributed by atoms with Gasteiger partial charge in [-0.2, -0.15) is 0 Å². The maximum atomic E-state index is 9.14. The molecule has 0 aliphatic carbocycles. The third-order valence-electron chi connectivity index (χ3n) is 2.17. The molecule has 0 fully saturated rings. The molecule has 0 aliphatic heterocycles. The van der Waals surface area contributed by atoms with Crippen molar-refractivity contribution >= 4 is 15.9 Å². The Balaban J connectivity index is 3.05. The van der Waals surface area contributed by atoms with E-state index in [0.29, 0.717) is 0 Å². The zero-order valence-electron chi connectivity index (χ0n) is 7.84. The van der Waals surface area contributed by atoms with Crippen LogP contribution in [-0.4, -0.2) is 12.2 Å². The van der Waals surface area contributed by atoms with Crippen LogP contribution in [0, 0.1) is 0 Å². The van der Waals surface area contributed by atoms with Gasteiger partial charge in [0.05, 0.1) is 6.61 Å². The van der Waals surface area contributed by atoms with E-state index in [1.165, 1.54) is 0 Å². The number of hydrogen-bond donors (Lipinski definition) is 2. The first-order valence-corrected chi connectivity index (χ1v) is 5.04. The largest absolute Gasteiger partial charge is 0.392 e. The first kappa shape index (κ1) is 10.7. The van der Waals surface area contributed by atoms with Crippen molar-refractivity contribution < 1.29 is 5.11 Å². The van der Waals surface area contributed by atoms with Crippen molar-refractivity contribution in [3.05, 3.63) is 33.8 Å². The molecular weight excluding hydrogens is 230 g/mol. The lowest BCUT2D eigenvalue weighted by Crippen LogP contribution is -2.14. The maximum absolute atomic E-state index is 9.14. The zero-order chi connectivity index (χ0) is 9.84. The summed E-state index contributed by atoms with van der Waals surface area (Å²) in [7, 11) is 1.91. The van der Waals surface area contributed by atoms with E-state index in [-0.39, 0.29) is 12.6 Å². The molecule has 0 radical (unpaired) electrons. The van der Waals surface area contributed by atoms with Gasteiger partial charge in [0.15, 0.2) is 0 Å². The van der Waals surface area contributed by atoms with Crippen LogP contribution in [0.25, 0.3) is 0 Å². The van der Waals surface area contributed by atoms with Gasteiger partial charge in [0.25, 0.3) is 0 Å². The second-order valence-corrected chi connectivity index (χ2v) is 3.93. The lowest BCUT2D eigenvalue weighted by atomic mass is 10.0. The van der Waals surface area contributed by atoms with E-state index in [9.17, 15) is 0 Å². The van der Waals surface area contributed by atoms with E-state index in [1.54, 1.807) is 0 Å². The third-order valence-corrected chi connectivity index (χ3v) is 2.67. The molecule has 1 rings (SSSR count). The van der Waals surface area contributed by atoms with Crippen LogP contribution in [0.4, 0.5) is 0 Å². The van der Waals surface area contributed by atoms with Crippen molar-refractivity contribution in [2.75, 3.05) is 7.05 Å². The second kappa shape index (κ2) is 4.74. The number of aliphatic hydroxyl groups is 1. The monoisotopic (exact) mass is 243 g/mol. The van der Waals surface area contributed by atoms with Gasteiger partial charge in [0.1, 0.15) is 0 Å². The van der Waals surface area contributed by atoms with Gasteiger partial charge in [-0.15, -0.1) is 0 Å². The summed E-state index contributed by atoms with van der Waals surface area (Å²) < 4.78 is 1.00. The topological polar surface area (TPSA) is 32.3 Å². The molecule has 0 spiro atoms. The second-order valence-electron chi connectivity index (χ2n) is 3.01. The highest BCUT2D eigenvalue weighted by atomic mass is 79.9. The third kappa shape index (κ3) is 2.53. The average molecular weight is 244 g/mol. The summed E-state index contributed by atoms with van der Waals surface area (Å²) in [6, 6.07) is 6.23. The van der Waals surface area contributed by atoms with Crippen LogP contribution in [-0.2, 0) is 6.61 Å². The number of hydrogen-bond acceptors (Lipinski definition) is 2.